The van der Waals surface area contributed by atoms with Crippen LogP contribution in [0.2, 0.25) is 5.02 Å². The maximum Gasteiger partial charge on any atom is 0.268 e. The van der Waals surface area contributed by atoms with Crippen LogP contribution in [0.3, 0.4) is 0 Å². The van der Waals surface area contributed by atoms with Gasteiger partial charge in [0.05, 0.1) is 12.1 Å². The average molecular weight is 535 g/mol. The molecule has 0 saturated carbocycles. The number of hydrogen-bond acceptors (Lipinski definition) is 10. The summed E-state index contributed by atoms with van der Waals surface area (Å²) in [5.74, 6) is 1.04. The SMILES string of the molecule is COc1ccc(OCCOc2ccc(C=C(C#N)C(=O)Nc3nnc(S(C)(=O)=O)s3)cc2Cl)cc1. The Kier molecular flexibility index (Phi) is 8.64. The molecule has 10 nitrogen and oxygen atoms in total. The van der Waals surface area contributed by atoms with Crippen molar-refractivity contribution in [3.8, 4) is 23.3 Å². The summed E-state index contributed by atoms with van der Waals surface area (Å²) in [5, 5.41) is 19.1. The minimum absolute atomic E-state index is 0.0461. The van der Waals surface area contributed by atoms with Crippen LogP contribution in [0.15, 0.2) is 52.4 Å². The van der Waals surface area contributed by atoms with Crippen molar-refractivity contribution >= 4 is 49.9 Å². The number of carbonyl (C=O) groups excluding carboxylic acids is 1. The molecule has 182 valence electrons. The van der Waals surface area contributed by atoms with E-state index in [1.165, 1.54) is 6.08 Å². The van der Waals surface area contributed by atoms with Crippen molar-refractivity contribution in [2.45, 2.75) is 4.34 Å². The summed E-state index contributed by atoms with van der Waals surface area (Å²) < 4.78 is 39.1. The minimum Gasteiger partial charge on any atom is -0.497 e. The van der Waals surface area contributed by atoms with E-state index in [0.717, 1.165) is 12.0 Å². The Labute approximate surface area is 210 Å². The van der Waals surface area contributed by atoms with Crippen LogP contribution in [0.1, 0.15) is 5.56 Å². The first-order chi connectivity index (χ1) is 16.7. The number of halogens is 1. The summed E-state index contributed by atoms with van der Waals surface area (Å²) in [6.07, 6.45) is 2.31. The standard InChI is InChI=1S/C22H19ClN4O6S2/c1-31-16-4-6-17(7-5-16)32-9-10-33-19-8-3-14(12-18(19)23)11-15(13-24)20(28)25-21-26-27-22(34-21)35(2,29)30/h3-8,11-12H,9-10H2,1-2H3,(H,25,26,28). The van der Waals surface area contributed by atoms with Gasteiger partial charge >= 0.3 is 0 Å². The number of nitriles is 1. The quantitative estimate of drug-likeness (QED) is 0.179. The molecule has 35 heavy (non-hydrogen) atoms. The fourth-order valence-electron chi connectivity index (χ4n) is 2.60. The number of nitrogens with one attached hydrogen (secondary N) is 1. The Morgan fingerprint density at radius 3 is 2.43 bits per heavy atom. The summed E-state index contributed by atoms with van der Waals surface area (Å²) in [5.41, 5.74) is 0.247. The number of benzene rings is 2. The van der Waals surface area contributed by atoms with Crippen molar-refractivity contribution in [2.75, 3.05) is 31.9 Å². The van der Waals surface area contributed by atoms with Crippen molar-refractivity contribution in [3.63, 3.8) is 0 Å². The minimum atomic E-state index is -3.55. The first kappa shape index (κ1) is 26.0. The highest BCUT2D eigenvalue weighted by Gasteiger charge is 2.17. The fourth-order valence-corrected chi connectivity index (χ4v) is 4.34. The number of carbonyl (C=O) groups is 1. The zero-order chi connectivity index (χ0) is 25.4. The van der Waals surface area contributed by atoms with Crippen LogP contribution in [0.25, 0.3) is 6.08 Å². The Morgan fingerprint density at radius 1 is 1.14 bits per heavy atom. The van der Waals surface area contributed by atoms with Crippen molar-refractivity contribution in [3.05, 3.63) is 58.6 Å². The maximum atomic E-state index is 12.4. The van der Waals surface area contributed by atoms with Gasteiger partial charge < -0.3 is 14.2 Å². The number of amides is 1. The largest absolute Gasteiger partial charge is 0.497 e. The molecule has 3 rings (SSSR count). The summed E-state index contributed by atoms with van der Waals surface area (Å²) in [7, 11) is -1.97. The third-order valence-electron chi connectivity index (χ3n) is 4.25. The summed E-state index contributed by atoms with van der Waals surface area (Å²) in [6.45, 7) is 0.528. The molecular formula is C22H19ClN4O6S2. The van der Waals surface area contributed by atoms with Gasteiger partial charge in [0.25, 0.3) is 5.91 Å². The predicted octanol–water partition coefficient (Wildman–Crippen LogP) is 3.61. The number of methoxy groups -OCH3 is 1. The Bertz CT molecular complexity index is 1380. The van der Waals surface area contributed by atoms with E-state index < -0.39 is 15.7 Å². The molecule has 0 fully saturated rings. The van der Waals surface area contributed by atoms with Crippen LogP contribution in [0.5, 0.6) is 17.2 Å². The molecule has 1 N–H and O–H groups in total. The summed E-state index contributed by atoms with van der Waals surface area (Å²) in [6, 6.07) is 13.7. The highest BCUT2D eigenvalue weighted by Crippen LogP contribution is 2.27. The number of sulfone groups is 1. The van der Waals surface area contributed by atoms with E-state index in [0.29, 0.717) is 28.4 Å². The molecule has 2 aromatic carbocycles. The molecule has 0 bridgehead atoms. The molecule has 1 aromatic heterocycles. The van der Waals surface area contributed by atoms with Gasteiger partial charge in [-0.3, -0.25) is 10.1 Å². The van der Waals surface area contributed by atoms with E-state index in [1.807, 2.05) is 0 Å². The number of rotatable bonds is 10. The fraction of sp³-hybridized carbons (Fsp3) is 0.182. The number of nitrogens with zero attached hydrogens (tertiary/aromatic N) is 3. The van der Waals surface area contributed by atoms with Gasteiger partial charge in [-0.15, -0.1) is 10.2 Å². The molecule has 0 aliphatic rings. The summed E-state index contributed by atoms with van der Waals surface area (Å²) in [4.78, 5) is 12.4. The second kappa shape index (κ2) is 11.7. The molecule has 0 radical (unpaired) electrons. The van der Waals surface area contributed by atoms with E-state index in [-0.39, 0.29) is 33.3 Å². The Balaban J connectivity index is 1.58. The number of aromatic nitrogens is 2. The molecule has 0 unspecified atom stereocenters. The topological polar surface area (TPSA) is 140 Å². The Morgan fingerprint density at radius 2 is 1.83 bits per heavy atom. The van der Waals surface area contributed by atoms with Crippen LogP contribution in [0.4, 0.5) is 5.13 Å². The number of hydrogen-bond donors (Lipinski definition) is 1. The zero-order valence-corrected chi connectivity index (χ0v) is 20.9. The third-order valence-corrected chi connectivity index (χ3v) is 7.05. The normalized spacial score (nSPS) is 11.4. The van der Waals surface area contributed by atoms with Gasteiger partial charge in [0.15, 0.2) is 0 Å². The number of anilines is 1. The lowest BCUT2D eigenvalue weighted by molar-refractivity contribution is -0.112. The van der Waals surface area contributed by atoms with Crippen LogP contribution >= 0.6 is 22.9 Å². The van der Waals surface area contributed by atoms with Crippen molar-refractivity contribution in [2.24, 2.45) is 0 Å². The van der Waals surface area contributed by atoms with Gasteiger partial charge in [-0.1, -0.05) is 29.0 Å². The number of ether oxygens (including phenoxy) is 3. The first-order valence-electron chi connectivity index (χ1n) is 9.85. The van der Waals surface area contributed by atoms with E-state index in [9.17, 15) is 18.5 Å². The van der Waals surface area contributed by atoms with Crippen molar-refractivity contribution in [1.82, 2.24) is 10.2 Å². The van der Waals surface area contributed by atoms with Crippen LogP contribution in [-0.2, 0) is 14.6 Å². The molecule has 13 heteroatoms. The lowest BCUT2D eigenvalue weighted by atomic mass is 10.1. The molecule has 0 spiro atoms. The van der Waals surface area contributed by atoms with Crippen LogP contribution in [0, 0.1) is 11.3 Å². The molecule has 0 aliphatic carbocycles. The Hall–Kier alpha value is -3.66. The van der Waals surface area contributed by atoms with Gasteiger partial charge in [-0.05, 0) is 48.0 Å². The van der Waals surface area contributed by atoms with Crippen LogP contribution < -0.4 is 19.5 Å². The molecule has 0 atom stereocenters. The van der Waals surface area contributed by atoms with Crippen LogP contribution in [-0.4, -0.2) is 51.1 Å². The second-order valence-electron chi connectivity index (χ2n) is 6.83. The molecule has 0 saturated heterocycles. The lowest BCUT2D eigenvalue weighted by Crippen LogP contribution is -2.13. The van der Waals surface area contributed by atoms with Gasteiger partial charge in [-0.25, -0.2) is 8.42 Å². The van der Waals surface area contributed by atoms with Crippen molar-refractivity contribution < 1.29 is 27.4 Å². The predicted molar refractivity (Wildman–Crippen MR) is 131 cm³/mol. The molecule has 3 aromatic rings. The molecule has 1 amide bonds. The van der Waals surface area contributed by atoms with Gasteiger partial charge in [0, 0.05) is 6.26 Å². The van der Waals surface area contributed by atoms with E-state index in [2.05, 4.69) is 15.5 Å². The van der Waals surface area contributed by atoms with Crippen molar-refractivity contribution in [1.29, 1.82) is 5.26 Å². The highest BCUT2D eigenvalue weighted by atomic mass is 35.5. The zero-order valence-electron chi connectivity index (χ0n) is 18.5. The lowest BCUT2D eigenvalue weighted by Gasteiger charge is -2.10. The second-order valence-corrected chi connectivity index (χ2v) is 10.4. The highest BCUT2D eigenvalue weighted by molar-refractivity contribution is 7.92. The first-order valence-corrected chi connectivity index (χ1v) is 12.9. The van der Waals surface area contributed by atoms with E-state index in [1.54, 1.807) is 55.6 Å². The molecule has 0 aliphatic heterocycles. The summed E-state index contributed by atoms with van der Waals surface area (Å²) >= 11 is 6.96. The van der Waals surface area contributed by atoms with Gasteiger partial charge in [0.1, 0.15) is 42.1 Å². The molecular weight excluding hydrogens is 516 g/mol. The van der Waals surface area contributed by atoms with E-state index in [4.69, 9.17) is 25.8 Å². The van der Waals surface area contributed by atoms with Gasteiger partial charge in [-0.2, -0.15) is 5.26 Å². The maximum absolute atomic E-state index is 12.4. The average Bonchev–Trinajstić information content (AvgIpc) is 3.31. The van der Waals surface area contributed by atoms with E-state index >= 15 is 0 Å². The molecule has 1 heterocycles. The van der Waals surface area contributed by atoms with Gasteiger partial charge in [0.2, 0.25) is 19.3 Å². The monoisotopic (exact) mass is 534 g/mol. The third kappa shape index (κ3) is 7.41. The smallest absolute Gasteiger partial charge is 0.268 e.